The van der Waals surface area contributed by atoms with E-state index in [2.05, 4.69) is 0 Å². The molecule has 0 fully saturated rings. The SMILES string of the molecule is CCC=C(O)[C@H](O)C=O. The molecule has 0 saturated carbocycles. The maximum atomic E-state index is 9.77. The zero-order valence-corrected chi connectivity index (χ0v) is 5.24. The number of carbonyl (C=O) groups is 1. The molecule has 0 aromatic heterocycles. The minimum atomic E-state index is -1.34. The summed E-state index contributed by atoms with van der Waals surface area (Å²) in [7, 11) is 0. The third-order valence-corrected chi connectivity index (χ3v) is 0.845. The minimum Gasteiger partial charge on any atom is -0.509 e. The average molecular weight is 130 g/mol. The van der Waals surface area contributed by atoms with Gasteiger partial charge in [-0.05, 0) is 12.5 Å². The van der Waals surface area contributed by atoms with Crippen LogP contribution in [0, 0.1) is 0 Å². The number of aldehydes is 1. The number of aliphatic hydroxyl groups excluding tert-OH is 2. The lowest BCUT2D eigenvalue weighted by Gasteiger charge is -1.98. The summed E-state index contributed by atoms with van der Waals surface area (Å²) in [6.45, 7) is 1.80. The van der Waals surface area contributed by atoms with Crippen molar-refractivity contribution < 1.29 is 15.0 Å². The molecule has 9 heavy (non-hydrogen) atoms. The predicted molar refractivity (Wildman–Crippen MR) is 33.1 cm³/mol. The molecule has 0 amide bonds. The predicted octanol–water partition coefficient (Wildman–Crippen LogP) is 0.398. The first-order valence-electron chi connectivity index (χ1n) is 2.74. The first-order valence-corrected chi connectivity index (χ1v) is 2.74. The molecule has 0 spiro atoms. The van der Waals surface area contributed by atoms with E-state index in [0.29, 0.717) is 6.42 Å². The van der Waals surface area contributed by atoms with Gasteiger partial charge in [0.05, 0.1) is 0 Å². The van der Waals surface area contributed by atoms with E-state index in [1.807, 2.05) is 0 Å². The highest BCUT2D eigenvalue weighted by atomic mass is 16.3. The third kappa shape index (κ3) is 2.87. The van der Waals surface area contributed by atoms with E-state index in [4.69, 9.17) is 10.2 Å². The Balaban J connectivity index is 3.84. The van der Waals surface area contributed by atoms with Gasteiger partial charge < -0.3 is 10.2 Å². The number of carbonyl (C=O) groups excluding carboxylic acids is 1. The van der Waals surface area contributed by atoms with Gasteiger partial charge in [-0.15, -0.1) is 0 Å². The molecule has 0 aliphatic rings. The van der Waals surface area contributed by atoms with Crippen LogP contribution in [0.2, 0.25) is 0 Å². The molecule has 0 aromatic rings. The third-order valence-electron chi connectivity index (χ3n) is 0.845. The Morgan fingerprint density at radius 2 is 2.33 bits per heavy atom. The lowest BCUT2D eigenvalue weighted by Crippen LogP contribution is -2.10. The van der Waals surface area contributed by atoms with E-state index in [9.17, 15) is 4.79 Å². The summed E-state index contributed by atoms with van der Waals surface area (Å²) < 4.78 is 0. The molecule has 0 saturated heterocycles. The monoisotopic (exact) mass is 130 g/mol. The van der Waals surface area contributed by atoms with Gasteiger partial charge in [0.25, 0.3) is 0 Å². The van der Waals surface area contributed by atoms with Crippen molar-refractivity contribution in [3.63, 3.8) is 0 Å². The van der Waals surface area contributed by atoms with E-state index >= 15 is 0 Å². The molecule has 0 aromatic carbocycles. The van der Waals surface area contributed by atoms with Crippen molar-refractivity contribution in [3.8, 4) is 0 Å². The van der Waals surface area contributed by atoms with Gasteiger partial charge in [-0.3, -0.25) is 4.79 Å². The highest BCUT2D eigenvalue weighted by Crippen LogP contribution is 1.95. The minimum absolute atomic E-state index is 0.271. The number of rotatable bonds is 3. The van der Waals surface area contributed by atoms with Crippen LogP contribution in [0.25, 0.3) is 0 Å². The van der Waals surface area contributed by atoms with E-state index in [1.165, 1.54) is 6.08 Å². The molecular formula is C6H10O3. The van der Waals surface area contributed by atoms with Gasteiger partial charge in [0.1, 0.15) is 5.76 Å². The van der Waals surface area contributed by atoms with Crippen LogP contribution in [0.3, 0.4) is 0 Å². The lowest BCUT2D eigenvalue weighted by atomic mass is 10.3. The van der Waals surface area contributed by atoms with Gasteiger partial charge in [0.15, 0.2) is 12.4 Å². The summed E-state index contributed by atoms with van der Waals surface area (Å²) in [5, 5.41) is 17.3. The molecule has 3 nitrogen and oxygen atoms in total. The molecule has 0 bridgehead atoms. The smallest absolute Gasteiger partial charge is 0.165 e. The van der Waals surface area contributed by atoms with E-state index in [0.717, 1.165) is 0 Å². The largest absolute Gasteiger partial charge is 0.509 e. The Bertz CT molecular complexity index is 117. The van der Waals surface area contributed by atoms with Crippen molar-refractivity contribution in [1.82, 2.24) is 0 Å². The summed E-state index contributed by atoms with van der Waals surface area (Å²) in [4.78, 5) is 9.77. The van der Waals surface area contributed by atoms with Crippen LogP contribution < -0.4 is 0 Å². The Hall–Kier alpha value is -0.830. The first-order chi connectivity index (χ1) is 4.22. The molecule has 0 rings (SSSR count). The Kier molecular flexibility index (Phi) is 3.71. The Labute approximate surface area is 53.6 Å². The van der Waals surface area contributed by atoms with Gasteiger partial charge in [-0.1, -0.05) is 6.92 Å². The van der Waals surface area contributed by atoms with Crippen LogP contribution >= 0.6 is 0 Å². The van der Waals surface area contributed by atoms with Crippen LogP contribution in [0.1, 0.15) is 13.3 Å². The molecule has 0 aliphatic carbocycles. The fraction of sp³-hybridized carbons (Fsp3) is 0.500. The van der Waals surface area contributed by atoms with Crippen molar-refractivity contribution in [2.24, 2.45) is 0 Å². The standard InChI is InChI=1S/C6H10O3/c1-2-3-5(8)6(9)4-7/h3-4,6,8-9H,2H2,1H3/t6-/m1/s1. The van der Waals surface area contributed by atoms with Crippen molar-refractivity contribution in [2.45, 2.75) is 19.4 Å². The number of aliphatic hydroxyl groups is 2. The Morgan fingerprint density at radius 3 is 2.67 bits per heavy atom. The van der Waals surface area contributed by atoms with E-state index in [-0.39, 0.29) is 12.0 Å². The fourth-order valence-electron chi connectivity index (χ4n) is 0.400. The van der Waals surface area contributed by atoms with Gasteiger partial charge in [0.2, 0.25) is 0 Å². The molecule has 0 heterocycles. The zero-order valence-electron chi connectivity index (χ0n) is 5.24. The van der Waals surface area contributed by atoms with Crippen LogP contribution in [0.4, 0.5) is 0 Å². The lowest BCUT2D eigenvalue weighted by molar-refractivity contribution is -0.114. The summed E-state index contributed by atoms with van der Waals surface area (Å²) in [6.07, 6.45) is 0.932. The number of hydrogen-bond donors (Lipinski definition) is 2. The van der Waals surface area contributed by atoms with Gasteiger partial charge >= 0.3 is 0 Å². The van der Waals surface area contributed by atoms with Gasteiger partial charge in [-0.25, -0.2) is 0 Å². The molecule has 0 unspecified atom stereocenters. The topological polar surface area (TPSA) is 57.5 Å². The fourth-order valence-corrected chi connectivity index (χ4v) is 0.400. The van der Waals surface area contributed by atoms with Crippen molar-refractivity contribution in [2.75, 3.05) is 0 Å². The Morgan fingerprint density at radius 1 is 1.78 bits per heavy atom. The molecule has 0 aliphatic heterocycles. The van der Waals surface area contributed by atoms with Gasteiger partial charge in [-0.2, -0.15) is 0 Å². The van der Waals surface area contributed by atoms with E-state index < -0.39 is 6.10 Å². The first kappa shape index (κ1) is 8.17. The summed E-state index contributed by atoms with van der Waals surface area (Å²) >= 11 is 0. The van der Waals surface area contributed by atoms with Gasteiger partial charge in [0, 0.05) is 0 Å². The molecule has 3 heteroatoms. The van der Waals surface area contributed by atoms with E-state index in [1.54, 1.807) is 6.92 Å². The normalized spacial score (nSPS) is 15.1. The molecule has 2 N–H and O–H groups in total. The molecule has 0 radical (unpaired) electrons. The summed E-state index contributed by atoms with van der Waals surface area (Å²) in [5.74, 6) is -0.271. The van der Waals surface area contributed by atoms with Crippen LogP contribution in [-0.2, 0) is 4.79 Å². The summed E-state index contributed by atoms with van der Waals surface area (Å²) in [5.41, 5.74) is 0. The van der Waals surface area contributed by atoms with Crippen LogP contribution in [0.5, 0.6) is 0 Å². The molecular weight excluding hydrogens is 120 g/mol. The second kappa shape index (κ2) is 4.09. The van der Waals surface area contributed by atoms with Crippen molar-refractivity contribution >= 4 is 6.29 Å². The average Bonchev–Trinajstić information content (AvgIpc) is 1.87. The second-order valence-electron chi connectivity index (χ2n) is 1.62. The molecule has 52 valence electrons. The van der Waals surface area contributed by atoms with Crippen LogP contribution in [-0.4, -0.2) is 22.6 Å². The number of allylic oxidation sites excluding steroid dienone is 1. The highest BCUT2D eigenvalue weighted by molar-refractivity contribution is 5.59. The van der Waals surface area contributed by atoms with Crippen molar-refractivity contribution in [1.29, 1.82) is 0 Å². The summed E-state index contributed by atoms with van der Waals surface area (Å²) in [6, 6.07) is 0. The quantitative estimate of drug-likeness (QED) is 0.429. The van der Waals surface area contributed by atoms with Crippen LogP contribution in [0.15, 0.2) is 11.8 Å². The second-order valence-corrected chi connectivity index (χ2v) is 1.62. The zero-order chi connectivity index (χ0) is 7.28. The number of hydrogen-bond acceptors (Lipinski definition) is 3. The maximum absolute atomic E-state index is 9.77. The highest BCUT2D eigenvalue weighted by Gasteiger charge is 2.04. The van der Waals surface area contributed by atoms with Crippen molar-refractivity contribution in [3.05, 3.63) is 11.8 Å². The maximum Gasteiger partial charge on any atom is 0.165 e. The molecule has 1 atom stereocenters.